The zero-order valence-corrected chi connectivity index (χ0v) is 15.4. The van der Waals surface area contributed by atoms with Crippen molar-refractivity contribution < 1.29 is 9.21 Å². The molecule has 0 N–H and O–H groups in total. The van der Waals surface area contributed by atoms with Crippen molar-refractivity contribution in [3.8, 4) is 0 Å². The molecule has 2 aromatic carbocycles. The van der Waals surface area contributed by atoms with Crippen molar-refractivity contribution in [3.05, 3.63) is 76.1 Å². The molecule has 0 aliphatic carbocycles. The van der Waals surface area contributed by atoms with Crippen molar-refractivity contribution in [3.63, 3.8) is 0 Å². The summed E-state index contributed by atoms with van der Waals surface area (Å²) in [5, 5.41) is 8.20. The largest absolute Gasteiger partial charge is 0.416 e. The van der Waals surface area contributed by atoms with Crippen molar-refractivity contribution in [1.29, 1.82) is 0 Å². The minimum Gasteiger partial charge on any atom is -0.416 e. The Hall–Kier alpha value is -1.92. The van der Waals surface area contributed by atoms with Crippen LogP contribution in [0.5, 0.6) is 0 Å². The average molecular weight is 403 g/mol. The number of carbonyl (C=O) groups is 1. The maximum atomic E-state index is 12.4. The molecule has 1 unspecified atom stereocenters. The smallest absolute Gasteiger partial charge is 0.277 e. The van der Waals surface area contributed by atoms with Gasteiger partial charge in [0.2, 0.25) is 5.89 Å². The van der Waals surface area contributed by atoms with E-state index in [0.29, 0.717) is 23.1 Å². The van der Waals surface area contributed by atoms with E-state index in [9.17, 15) is 4.79 Å². The Kier molecular flexibility index (Phi) is 5.48. The summed E-state index contributed by atoms with van der Waals surface area (Å²) in [6, 6.07) is 17.3. The summed E-state index contributed by atoms with van der Waals surface area (Å²) in [7, 11) is 0. The van der Waals surface area contributed by atoms with Crippen LogP contribution in [0, 0.1) is 0 Å². The second kappa shape index (κ2) is 7.77. The SMILES string of the molecule is CC(Sc1nnc(Cc2ccccc2)o1)C(=O)c1ccc(Br)cc1. The van der Waals surface area contributed by atoms with Crippen molar-refractivity contribution in [1.82, 2.24) is 10.2 Å². The van der Waals surface area contributed by atoms with E-state index in [2.05, 4.69) is 26.1 Å². The maximum Gasteiger partial charge on any atom is 0.277 e. The number of thioether (sulfide) groups is 1. The quantitative estimate of drug-likeness (QED) is 0.438. The van der Waals surface area contributed by atoms with Gasteiger partial charge in [-0.1, -0.05) is 70.2 Å². The number of rotatable bonds is 6. The number of carbonyl (C=O) groups excluding carboxylic acids is 1. The van der Waals surface area contributed by atoms with Crippen LogP contribution in [-0.2, 0) is 6.42 Å². The van der Waals surface area contributed by atoms with Crippen LogP contribution in [0.1, 0.15) is 28.7 Å². The second-order valence-electron chi connectivity index (χ2n) is 5.26. The summed E-state index contributed by atoms with van der Waals surface area (Å²) in [6.07, 6.45) is 0.587. The van der Waals surface area contributed by atoms with E-state index in [0.717, 1.165) is 10.0 Å². The molecule has 0 bridgehead atoms. The van der Waals surface area contributed by atoms with Crippen molar-refractivity contribution in [2.45, 2.75) is 23.8 Å². The molecular formula is C18H15BrN2O2S. The Labute approximate surface area is 152 Å². The van der Waals surface area contributed by atoms with Gasteiger partial charge in [-0.15, -0.1) is 10.2 Å². The zero-order chi connectivity index (χ0) is 16.9. The molecule has 0 aliphatic rings. The lowest BCUT2D eigenvalue weighted by Crippen LogP contribution is -2.13. The van der Waals surface area contributed by atoms with Crippen LogP contribution >= 0.6 is 27.7 Å². The molecule has 0 fully saturated rings. The van der Waals surface area contributed by atoms with Gasteiger partial charge in [0.05, 0.1) is 11.7 Å². The van der Waals surface area contributed by atoms with E-state index in [-0.39, 0.29) is 11.0 Å². The molecule has 6 heteroatoms. The van der Waals surface area contributed by atoms with Crippen molar-refractivity contribution in [2.24, 2.45) is 0 Å². The third-order valence-electron chi connectivity index (χ3n) is 3.42. The Bertz CT molecular complexity index is 819. The Morgan fingerprint density at radius 3 is 2.54 bits per heavy atom. The Balaban J connectivity index is 1.63. The second-order valence-corrected chi connectivity index (χ2v) is 7.46. The first-order valence-electron chi connectivity index (χ1n) is 7.44. The molecule has 1 atom stereocenters. The summed E-state index contributed by atoms with van der Waals surface area (Å²) >= 11 is 4.65. The van der Waals surface area contributed by atoms with Crippen LogP contribution in [0.15, 0.2) is 68.7 Å². The van der Waals surface area contributed by atoms with Gasteiger partial charge in [-0.05, 0) is 24.6 Å². The first kappa shape index (κ1) is 16.9. The third-order valence-corrected chi connectivity index (χ3v) is 4.88. The van der Waals surface area contributed by atoms with Gasteiger partial charge in [0.1, 0.15) is 0 Å². The van der Waals surface area contributed by atoms with Gasteiger partial charge in [0.15, 0.2) is 5.78 Å². The number of Topliss-reactive ketones (excluding diaryl/α,β-unsaturated/α-hetero) is 1. The highest BCUT2D eigenvalue weighted by Gasteiger charge is 2.19. The number of benzene rings is 2. The standard InChI is InChI=1S/C18H15BrN2O2S/c1-12(17(22)14-7-9-15(19)10-8-14)24-18-21-20-16(23-18)11-13-5-3-2-4-6-13/h2-10,12H,11H2,1H3. The summed E-state index contributed by atoms with van der Waals surface area (Å²) < 4.78 is 6.59. The van der Waals surface area contributed by atoms with E-state index in [4.69, 9.17) is 4.42 Å². The number of aromatic nitrogens is 2. The fraction of sp³-hybridized carbons (Fsp3) is 0.167. The molecule has 0 spiro atoms. The van der Waals surface area contributed by atoms with E-state index in [1.54, 1.807) is 12.1 Å². The van der Waals surface area contributed by atoms with Gasteiger partial charge >= 0.3 is 0 Å². The summed E-state index contributed by atoms with van der Waals surface area (Å²) in [4.78, 5) is 12.4. The predicted octanol–water partition coefficient (Wildman–Crippen LogP) is 4.79. The lowest BCUT2D eigenvalue weighted by molar-refractivity contribution is 0.0993. The first-order valence-corrected chi connectivity index (χ1v) is 9.12. The molecule has 0 saturated heterocycles. The van der Waals surface area contributed by atoms with Crippen molar-refractivity contribution in [2.75, 3.05) is 0 Å². The fourth-order valence-corrected chi connectivity index (χ4v) is 3.22. The lowest BCUT2D eigenvalue weighted by atomic mass is 10.1. The predicted molar refractivity (Wildman–Crippen MR) is 97.3 cm³/mol. The molecule has 24 heavy (non-hydrogen) atoms. The third kappa shape index (κ3) is 4.33. The highest BCUT2D eigenvalue weighted by atomic mass is 79.9. The van der Waals surface area contributed by atoms with Crippen LogP contribution in [0.25, 0.3) is 0 Å². The highest BCUT2D eigenvalue weighted by molar-refractivity contribution is 9.10. The van der Waals surface area contributed by atoms with E-state index < -0.39 is 0 Å². The molecule has 0 aliphatic heterocycles. The minimum absolute atomic E-state index is 0.0373. The van der Waals surface area contributed by atoms with Crippen LogP contribution in [0.2, 0.25) is 0 Å². The summed E-state index contributed by atoms with van der Waals surface area (Å²) in [5.74, 6) is 0.585. The first-order chi connectivity index (χ1) is 11.6. The monoisotopic (exact) mass is 402 g/mol. The lowest BCUT2D eigenvalue weighted by Gasteiger charge is -2.07. The van der Waals surface area contributed by atoms with Gasteiger partial charge < -0.3 is 4.42 Å². The van der Waals surface area contributed by atoms with E-state index >= 15 is 0 Å². The number of hydrogen-bond donors (Lipinski definition) is 0. The highest BCUT2D eigenvalue weighted by Crippen LogP contribution is 2.25. The Morgan fingerprint density at radius 1 is 1.12 bits per heavy atom. The van der Waals surface area contributed by atoms with Crippen LogP contribution < -0.4 is 0 Å². The van der Waals surface area contributed by atoms with E-state index in [1.807, 2.05) is 49.4 Å². The van der Waals surface area contributed by atoms with Gasteiger partial charge in [-0.2, -0.15) is 0 Å². The molecule has 0 radical (unpaired) electrons. The number of hydrogen-bond acceptors (Lipinski definition) is 5. The molecule has 0 saturated carbocycles. The van der Waals surface area contributed by atoms with Gasteiger partial charge in [0.25, 0.3) is 5.22 Å². The molecule has 3 aromatic rings. The summed E-state index contributed by atoms with van der Waals surface area (Å²) in [5.41, 5.74) is 1.78. The Morgan fingerprint density at radius 2 is 1.83 bits per heavy atom. The van der Waals surface area contributed by atoms with Crippen LogP contribution in [0.3, 0.4) is 0 Å². The van der Waals surface area contributed by atoms with Crippen LogP contribution in [-0.4, -0.2) is 21.2 Å². The van der Waals surface area contributed by atoms with Gasteiger partial charge in [0, 0.05) is 10.0 Å². The number of halogens is 1. The molecule has 0 amide bonds. The summed E-state index contributed by atoms with van der Waals surface area (Å²) in [6.45, 7) is 1.84. The van der Waals surface area contributed by atoms with Crippen LogP contribution in [0.4, 0.5) is 0 Å². The molecule has 1 heterocycles. The molecule has 1 aromatic heterocycles. The average Bonchev–Trinajstić information content (AvgIpc) is 3.02. The molecule has 4 nitrogen and oxygen atoms in total. The molecule has 3 rings (SSSR count). The molecular weight excluding hydrogens is 388 g/mol. The normalized spacial score (nSPS) is 12.1. The zero-order valence-electron chi connectivity index (χ0n) is 13.0. The minimum atomic E-state index is -0.295. The van der Waals surface area contributed by atoms with Crippen molar-refractivity contribution >= 4 is 33.5 Å². The van der Waals surface area contributed by atoms with Gasteiger partial charge in [-0.25, -0.2) is 0 Å². The topological polar surface area (TPSA) is 56.0 Å². The van der Waals surface area contributed by atoms with E-state index in [1.165, 1.54) is 11.8 Å². The number of nitrogens with zero attached hydrogens (tertiary/aromatic N) is 2. The maximum absolute atomic E-state index is 12.4. The number of ketones is 1. The fourth-order valence-electron chi connectivity index (χ4n) is 2.18. The molecule has 122 valence electrons. The van der Waals surface area contributed by atoms with Gasteiger partial charge in [-0.3, -0.25) is 4.79 Å².